The van der Waals surface area contributed by atoms with Gasteiger partial charge in [-0.2, -0.15) is 0 Å². The van der Waals surface area contributed by atoms with Crippen molar-refractivity contribution in [3.05, 3.63) is 72.6 Å². The molecular formula is C28H28N2O9S. The number of hydrogen-bond acceptors (Lipinski definition) is 11. The highest BCUT2D eigenvalue weighted by molar-refractivity contribution is 7.07. The Bertz CT molecular complexity index is 1700. The van der Waals surface area contributed by atoms with Gasteiger partial charge in [-0.15, -0.1) is 11.3 Å². The quantitative estimate of drug-likeness (QED) is 0.339. The minimum Gasteiger partial charge on any atom is -0.504 e. The zero-order valence-electron chi connectivity index (χ0n) is 22.2. The first kappa shape index (κ1) is 28.3. The van der Waals surface area contributed by atoms with E-state index in [1.54, 1.807) is 32.1 Å². The number of thiazole rings is 1. The highest BCUT2D eigenvalue weighted by Gasteiger charge is 2.40. The second-order valence-corrected chi connectivity index (χ2v) is 9.54. The van der Waals surface area contributed by atoms with E-state index >= 15 is 0 Å². The van der Waals surface area contributed by atoms with Gasteiger partial charge >= 0.3 is 11.9 Å². The molecule has 210 valence electrons. The van der Waals surface area contributed by atoms with E-state index in [1.165, 1.54) is 38.5 Å². The lowest BCUT2D eigenvalue weighted by Crippen LogP contribution is -2.42. The molecule has 1 aliphatic rings. The van der Waals surface area contributed by atoms with Gasteiger partial charge in [0.2, 0.25) is 0 Å². The number of hydrogen-bond donors (Lipinski definition) is 3. The summed E-state index contributed by atoms with van der Waals surface area (Å²) in [6.45, 7) is 3.30. The summed E-state index contributed by atoms with van der Waals surface area (Å²) >= 11 is 0.986. The third-order valence-corrected chi connectivity index (χ3v) is 7.29. The maximum atomic E-state index is 13.7. The van der Waals surface area contributed by atoms with Gasteiger partial charge < -0.3 is 34.9 Å². The van der Waals surface area contributed by atoms with E-state index in [-0.39, 0.29) is 62.4 Å². The Morgan fingerprint density at radius 1 is 0.950 bits per heavy atom. The van der Waals surface area contributed by atoms with Crippen LogP contribution in [0.25, 0.3) is 17.5 Å². The lowest BCUT2D eigenvalue weighted by Gasteiger charge is -2.27. The summed E-state index contributed by atoms with van der Waals surface area (Å²) in [5.41, 5.74) is 6.70. The summed E-state index contributed by atoms with van der Waals surface area (Å²) < 4.78 is 22.5. The molecule has 4 N–H and O–H groups in total. The van der Waals surface area contributed by atoms with Gasteiger partial charge in [-0.05, 0) is 55.3 Å². The number of ether oxygens (including phenoxy) is 4. The molecule has 1 atom stereocenters. The van der Waals surface area contributed by atoms with Crippen LogP contribution < -0.4 is 30.0 Å². The second kappa shape index (κ2) is 11.6. The van der Waals surface area contributed by atoms with E-state index < -0.39 is 23.4 Å². The van der Waals surface area contributed by atoms with Gasteiger partial charge in [0.1, 0.15) is 10.5 Å². The molecule has 0 fully saturated rings. The number of nitrogens with zero attached hydrogens (tertiary/aromatic N) is 1. The van der Waals surface area contributed by atoms with Gasteiger partial charge in [-0.1, -0.05) is 12.1 Å². The Hall–Kier alpha value is -4.71. The first-order valence-electron chi connectivity index (χ1n) is 12.2. The normalized spacial score (nSPS) is 15.1. The van der Waals surface area contributed by atoms with Crippen LogP contribution in [0.2, 0.25) is 0 Å². The van der Waals surface area contributed by atoms with Crippen LogP contribution in [0.1, 0.15) is 30.9 Å². The Morgan fingerprint density at radius 3 is 2.12 bits per heavy atom. The van der Waals surface area contributed by atoms with E-state index in [4.69, 9.17) is 24.7 Å². The van der Waals surface area contributed by atoms with Gasteiger partial charge in [0.15, 0.2) is 23.0 Å². The number of benzene rings is 2. The van der Waals surface area contributed by atoms with Gasteiger partial charge in [0, 0.05) is 0 Å². The summed E-state index contributed by atoms with van der Waals surface area (Å²) in [6, 6.07) is 8.92. The van der Waals surface area contributed by atoms with Crippen LogP contribution in [0.5, 0.6) is 23.0 Å². The van der Waals surface area contributed by atoms with Crippen molar-refractivity contribution >= 4 is 40.7 Å². The Balaban J connectivity index is 2.12. The number of carbonyl (C=O) groups is 2. The molecule has 0 radical (unpaired) electrons. The number of carbonyl (C=O) groups excluding carboxylic acids is 2. The minimum atomic E-state index is -1.10. The minimum absolute atomic E-state index is 0.00289. The Morgan fingerprint density at radius 2 is 1.52 bits per heavy atom. The molecule has 3 aromatic rings. The molecule has 40 heavy (non-hydrogen) atoms. The molecule has 12 heteroatoms. The highest BCUT2D eigenvalue weighted by Crippen LogP contribution is 2.40. The molecule has 2 aromatic carbocycles. The lowest BCUT2D eigenvalue weighted by atomic mass is 9.83. The highest BCUT2D eigenvalue weighted by atomic mass is 32.1. The van der Waals surface area contributed by atoms with Crippen LogP contribution in [0, 0.1) is 0 Å². The number of nitrogens with two attached hydrogens (primary N) is 1. The zero-order chi connectivity index (χ0) is 29.1. The van der Waals surface area contributed by atoms with Gasteiger partial charge in [-0.3, -0.25) is 9.36 Å². The maximum Gasteiger partial charge on any atom is 0.338 e. The average Bonchev–Trinajstić information content (AvgIpc) is 3.25. The van der Waals surface area contributed by atoms with Gasteiger partial charge in [0.25, 0.3) is 5.56 Å². The number of aromatic hydroxyl groups is 2. The fourth-order valence-corrected chi connectivity index (χ4v) is 5.57. The van der Waals surface area contributed by atoms with Crippen molar-refractivity contribution in [2.45, 2.75) is 19.8 Å². The molecule has 2 heterocycles. The summed E-state index contributed by atoms with van der Waals surface area (Å²) in [6.07, 6.45) is 1.55. The van der Waals surface area contributed by atoms with E-state index in [0.29, 0.717) is 11.1 Å². The van der Waals surface area contributed by atoms with Crippen LogP contribution in [-0.2, 0) is 19.1 Å². The predicted octanol–water partition coefficient (Wildman–Crippen LogP) is 1.37. The number of methoxy groups -OCH3 is 2. The first-order valence-corrected chi connectivity index (χ1v) is 13.0. The fraction of sp³-hybridized carbons (Fsp3) is 0.250. The number of phenolic OH excluding ortho intramolecular Hbond substituents is 2. The number of rotatable bonds is 8. The standard InChI is InChI=1S/C28H28N2O9S/c1-5-38-27(34)22-21(15-8-10-17(32)19(13-15)37-4)23(28(35)39-6-2)26-30(24(22)29)25(33)20(40-26)12-14-7-9-16(31)18(11-14)36-3/h7-13,21,31-32H,5-6,29H2,1-4H3/b20-12+. The van der Waals surface area contributed by atoms with Crippen LogP contribution in [-0.4, -0.2) is 54.2 Å². The third kappa shape index (κ3) is 5.00. The summed E-state index contributed by atoms with van der Waals surface area (Å²) in [7, 11) is 2.77. The molecular weight excluding hydrogens is 540 g/mol. The van der Waals surface area contributed by atoms with Crippen molar-refractivity contribution < 1.29 is 38.7 Å². The fourth-order valence-electron chi connectivity index (χ4n) is 4.41. The molecule has 0 aliphatic carbocycles. The zero-order valence-corrected chi connectivity index (χ0v) is 23.0. The molecule has 4 rings (SSSR count). The number of aromatic nitrogens is 1. The summed E-state index contributed by atoms with van der Waals surface area (Å²) in [5.74, 6) is -2.80. The molecule has 1 unspecified atom stereocenters. The van der Waals surface area contributed by atoms with Crippen LogP contribution >= 0.6 is 11.3 Å². The van der Waals surface area contributed by atoms with Gasteiger partial charge in [-0.25, -0.2) is 9.59 Å². The van der Waals surface area contributed by atoms with Crippen molar-refractivity contribution in [3.8, 4) is 23.0 Å². The van der Waals surface area contributed by atoms with Crippen LogP contribution in [0.4, 0.5) is 0 Å². The molecule has 1 aliphatic heterocycles. The van der Waals surface area contributed by atoms with Crippen molar-refractivity contribution in [2.75, 3.05) is 27.4 Å². The largest absolute Gasteiger partial charge is 0.504 e. The van der Waals surface area contributed by atoms with E-state index in [9.17, 15) is 24.6 Å². The lowest BCUT2D eigenvalue weighted by molar-refractivity contribution is -0.138. The van der Waals surface area contributed by atoms with Crippen molar-refractivity contribution in [1.29, 1.82) is 0 Å². The van der Waals surface area contributed by atoms with E-state index in [1.807, 2.05) is 0 Å². The molecule has 11 nitrogen and oxygen atoms in total. The summed E-state index contributed by atoms with van der Waals surface area (Å²) in [5, 5.41) is 20.1. The SMILES string of the molecule is CCOC(=O)C1=C(N)n2c(s/c(=C/c3ccc(O)c(OC)c3)c2=O)=C(C(=O)OCC)C1c1ccc(O)c(OC)c1. The van der Waals surface area contributed by atoms with Crippen molar-refractivity contribution in [3.63, 3.8) is 0 Å². The third-order valence-electron chi connectivity index (χ3n) is 6.18. The number of esters is 2. The summed E-state index contributed by atoms with van der Waals surface area (Å²) in [4.78, 5) is 40.4. The predicted molar refractivity (Wildman–Crippen MR) is 148 cm³/mol. The molecule has 0 spiro atoms. The number of phenols is 2. The van der Waals surface area contributed by atoms with Crippen molar-refractivity contribution in [1.82, 2.24) is 4.57 Å². The Labute approximate surface area is 232 Å². The van der Waals surface area contributed by atoms with Crippen molar-refractivity contribution in [2.24, 2.45) is 5.73 Å². The molecule has 0 saturated carbocycles. The Kier molecular flexibility index (Phi) is 8.19. The smallest absolute Gasteiger partial charge is 0.338 e. The van der Waals surface area contributed by atoms with Gasteiger partial charge in [0.05, 0.1) is 49.0 Å². The maximum absolute atomic E-state index is 13.7. The second-order valence-electron chi connectivity index (χ2n) is 8.51. The number of fused-ring (bicyclic) bond motifs is 1. The molecule has 1 aromatic heterocycles. The monoisotopic (exact) mass is 568 g/mol. The molecule has 0 amide bonds. The topological polar surface area (TPSA) is 160 Å². The first-order chi connectivity index (χ1) is 19.2. The average molecular weight is 569 g/mol. The van der Waals surface area contributed by atoms with Crippen LogP contribution in [0.3, 0.4) is 0 Å². The van der Waals surface area contributed by atoms with E-state index in [0.717, 1.165) is 15.9 Å². The molecule has 0 bridgehead atoms. The van der Waals surface area contributed by atoms with E-state index in [2.05, 4.69) is 0 Å². The molecule has 0 saturated heterocycles. The van der Waals surface area contributed by atoms with Crippen LogP contribution in [0.15, 0.2) is 46.8 Å².